The molecular formula is C57H105NO18. The maximum atomic E-state index is 13.3. The molecule has 76 heavy (non-hydrogen) atoms. The fourth-order valence-corrected chi connectivity index (χ4v) is 10.1. The maximum absolute atomic E-state index is 13.3. The first-order valence-corrected chi connectivity index (χ1v) is 29.6. The molecule has 3 rings (SSSR count). The molecule has 12 N–H and O–H groups in total. The molecule has 0 aromatic carbocycles. The molecule has 446 valence electrons. The number of allylic oxidation sites excluding steroid dienone is 4. The Morgan fingerprint density at radius 3 is 1.38 bits per heavy atom. The average molecular weight is 1090 g/mol. The standard InChI is InChI=1S/C57H105NO18/c1-3-5-7-9-11-13-15-17-19-20-21-22-24-26-28-30-32-34-41(62)40(58-45(63)35-33-31-29-27-25-23-18-16-14-12-10-8-6-4-2)39-71-55-51(69)48(66)53(43(37-60)73-55)76-57-52(70)49(67)54(44(38-61)74-57)75-56-50(68)47(65)46(64)42(36-59)72-56/h10,12,16,18,40-44,46-57,59-62,64-70H,3-9,11,13-15,17,19-39H2,1-2H3,(H,58,63)/b12-10-,18-16-. The van der Waals surface area contributed by atoms with Crippen LogP contribution in [0.25, 0.3) is 0 Å². The summed E-state index contributed by atoms with van der Waals surface area (Å²) in [6.07, 6.45) is 14.0. The Bertz CT molecular complexity index is 1490. The molecule has 19 heteroatoms. The molecule has 0 aromatic heterocycles. The number of unbranched alkanes of at least 4 members (excludes halogenated alkanes) is 23. The molecule has 17 unspecified atom stereocenters. The zero-order valence-corrected chi connectivity index (χ0v) is 46.2. The monoisotopic (exact) mass is 1090 g/mol. The van der Waals surface area contributed by atoms with Gasteiger partial charge in [0.25, 0.3) is 0 Å². The van der Waals surface area contributed by atoms with Gasteiger partial charge in [0.2, 0.25) is 5.91 Å². The van der Waals surface area contributed by atoms with E-state index in [1.165, 1.54) is 96.3 Å². The smallest absolute Gasteiger partial charge is 0.220 e. The third-order valence-electron chi connectivity index (χ3n) is 15.0. The van der Waals surface area contributed by atoms with Crippen molar-refractivity contribution >= 4 is 5.91 Å². The lowest BCUT2D eigenvalue weighted by atomic mass is 9.96. The third kappa shape index (κ3) is 25.4. The Kier molecular flexibility index (Phi) is 37.2. The first-order valence-electron chi connectivity index (χ1n) is 29.6. The van der Waals surface area contributed by atoms with E-state index in [4.69, 9.17) is 28.4 Å². The number of ether oxygens (including phenoxy) is 6. The van der Waals surface area contributed by atoms with Crippen molar-refractivity contribution < 1.29 is 89.4 Å². The van der Waals surface area contributed by atoms with Gasteiger partial charge in [-0.1, -0.05) is 179 Å². The second-order valence-electron chi connectivity index (χ2n) is 21.5. The van der Waals surface area contributed by atoms with Crippen molar-refractivity contribution in [2.24, 2.45) is 0 Å². The van der Waals surface area contributed by atoms with Gasteiger partial charge in [0.1, 0.15) is 73.2 Å². The number of rotatable bonds is 43. The number of carbonyl (C=O) groups is 1. The van der Waals surface area contributed by atoms with E-state index in [1.54, 1.807) is 0 Å². The van der Waals surface area contributed by atoms with Crippen LogP contribution in [0, 0.1) is 0 Å². The number of amides is 1. The number of aliphatic hydroxyl groups excluding tert-OH is 11. The summed E-state index contributed by atoms with van der Waals surface area (Å²) in [6, 6.07) is -0.892. The van der Waals surface area contributed by atoms with Crippen molar-refractivity contribution in [2.75, 3.05) is 26.4 Å². The minimum Gasteiger partial charge on any atom is -0.394 e. The topological polar surface area (TPSA) is 307 Å². The first-order chi connectivity index (χ1) is 36.8. The number of nitrogens with one attached hydrogen (secondary N) is 1. The Hall–Kier alpha value is -1.73. The largest absolute Gasteiger partial charge is 0.394 e. The normalized spacial score (nSPS) is 31.1. The van der Waals surface area contributed by atoms with Crippen LogP contribution in [0.3, 0.4) is 0 Å². The first kappa shape index (κ1) is 68.5. The van der Waals surface area contributed by atoms with E-state index in [0.717, 1.165) is 70.6 Å². The highest BCUT2D eigenvalue weighted by molar-refractivity contribution is 5.76. The quantitative estimate of drug-likeness (QED) is 0.0289. The molecule has 0 aromatic rings. The predicted molar refractivity (Wildman–Crippen MR) is 286 cm³/mol. The number of carbonyl (C=O) groups excluding carboxylic acids is 1. The number of hydrogen-bond donors (Lipinski definition) is 12. The van der Waals surface area contributed by atoms with Gasteiger partial charge < -0.3 is 89.9 Å². The van der Waals surface area contributed by atoms with E-state index in [9.17, 15) is 61.0 Å². The summed E-state index contributed by atoms with van der Waals surface area (Å²) in [5.74, 6) is -0.257. The Labute approximate surface area is 454 Å². The second-order valence-corrected chi connectivity index (χ2v) is 21.5. The van der Waals surface area contributed by atoms with E-state index in [2.05, 4.69) is 43.5 Å². The SMILES string of the molecule is CCCC/C=C\C/C=C\CCCCCCCC(=O)NC(COC1OC(CO)C(OC2OC(CO)C(OC3OC(CO)C(O)C(O)C3O)C(O)C2O)C(O)C1O)C(O)CCCCCCCCCCCCCCCCCCC. The zero-order valence-electron chi connectivity index (χ0n) is 46.2. The molecule has 3 heterocycles. The van der Waals surface area contributed by atoms with Crippen molar-refractivity contribution in [1.82, 2.24) is 5.32 Å². The Morgan fingerprint density at radius 1 is 0.474 bits per heavy atom. The molecule has 0 spiro atoms. The van der Waals surface area contributed by atoms with Gasteiger partial charge in [0.15, 0.2) is 18.9 Å². The molecule has 0 aliphatic carbocycles. The minimum absolute atomic E-state index is 0.251. The second kappa shape index (κ2) is 41.3. The van der Waals surface area contributed by atoms with Gasteiger partial charge in [-0.15, -0.1) is 0 Å². The molecule has 3 fully saturated rings. The van der Waals surface area contributed by atoms with Gasteiger partial charge in [-0.3, -0.25) is 4.79 Å². The summed E-state index contributed by atoms with van der Waals surface area (Å²) in [4.78, 5) is 13.3. The van der Waals surface area contributed by atoms with Crippen LogP contribution < -0.4 is 5.32 Å². The summed E-state index contributed by atoms with van der Waals surface area (Å²) in [5.41, 5.74) is 0. The van der Waals surface area contributed by atoms with Gasteiger partial charge in [-0.25, -0.2) is 0 Å². The van der Waals surface area contributed by atoms with Crippen molar-refractivity contribution in [1.29, 1.82) is 0 Å². The van der Waals surface area contributed by atoms with E-state index < -0.39 is 124 Å². The average Bonchev–Trinajstić information content (AvgIpc) is 3.42. The number of aliphatic hydroxyl groups is 11. The van der Waals surface area contributed by atoms with Crippen LogP contribution >= 0.6 is 0 Å². The van der Waals surface area contributed by atoms with Gasteiger partial charge in [0.05, 0.1) is 38.6 Å². The molecule has 0 radical (unpaired) electrons. The van der Waals surface area contributed by atoms with Gasteiger partial charge >= 0.3 is 0 Å². The maximum Gasteiger partial charge on any atom is 0.220 e. The minimum atomic E-state index is -1.97. The van der Waals surface area contributed by atoms with Crippen LogP contribution in [0.2, 0.25) is 0 Å². The van der Waals surface area contributed by atoms with E-state index in [-0.39, 0.29) is 18.9 Å². The molecular weight excluding hydrogens is 987 g/mol. The molecule has 0 bridgehead atoms. The fraction of sp³-hybridized carbons (Fsp3) is 0.912. The molecule has 0 saturated carbocycles. The van der Waals surface area contributed by atoms with Crippen LogP contribution in [0.4, 0.5) is 0 Å². The molecule has 3 saturated heterocycles. The van der Waals surface area contributed by atoms with Crippen LogP contribution in [0.1, 0.15) is 200 Å². The van der Waals surface area contributed by atoms with Crippen LogP contribution in [-0.2, 0) is 33.2 Å². The fourth-order valence-electron chi connectivity index (χ4n) is 10.1. The predicted octanol–water partition coefficient (Wildman–Crippen LogP) is 4.76. The molecule has 3 aliphatic rings. The lowest BCUT2D eigenvalue weighted by molar-refractivity contribution is -0.379. The van der Waals surface area contributed by atoms with Crippen LogP contribution in [-0.4, -0.2) is 193 Å². The highest BCUT2D eigenvalue weighted by Gasteiger charge is 2.53. The highest BCUT2D eigenvalue weighted by Crippen LogP contribution is 2.33. The summed E-state index contributed by atoms with van der Waals surface area (Å²) in [5, 5.41) is 120. The molecule has 19 nitrogen and oxygen atoms in total. The summed E-state index contributed by atoms with van der Waals surface area (Å²) in [7, 11) is 0. The summed E-state index contributed by atoms with van der Waals surface area (Å²) < 4.78 is 34.3. The third-order valence-corrected chi connectivity index (χ3v) is 15.0. The zero-order chi connectivity index (χ0) is 55.5. The highest BCUT2D eigenvalue weighted by atomic mass is 16.8. The van der Waals surface area contributed by atoms with Crippen LogP contribution in [0.5, 0.6) is 0 Å². The summed E-state index contributed by atoms with van der Waals surface area (Å²) in [6.45, 7) is 1.73. The molecule has 3 aliphatic heterocycles. The van der Waals surface area contributed by atoms with Gasteiger partial charge in [-0.2, -0.15) is 0 Å². The van der Waals surface area contributed by atoms with Crippen molar-refractivity contribution in [2.45, 2.75) is 304 Å². The van der Waals surface area contributed by atoms with Crippen molar-refractivity contribution in [3.05, 3.63) is 24.3 Å². The Balaban J connectivity index is 1.51. The van der Waals surface area contributed by atoms with Crippen LogP contribution in [0.15, 0.2) is 24.3 Å². The lowest BCUT2D eigenvalue weighted by Crippen LogP contribution is -2.66. The summed E-state index contributed by atoms with van der Waals surface area (Å²) >= 11 is 0. The van der Waals surface area contributed by atoms with Crippen molar-refractivity contribution in [3.63, 3.8) is 0 Å². The van der Waals surface area contributed by atoms with Gasteiger partial charge in [-0.05, 0) is 38.5 Å². The van der Waals surface area contributed by atoms with Gasteiger partial charge in [0, 0.05) is 6.42 Å². The van der Waals surface area contributed by atoms with E-state index in [1.807, 2.05) is 0 Å². The number of hydrogen-bond acceptors (Lipinski definition) is 18. The van der Waals surface area contributed by atoms with Crippen molar-refractivity contribution in [3.8, 4) is 0 Å². The Morgan fingerprint density at radius 2 is 0.882 bits per heavy atom. The van der Waals surface area contributed by atoms with E-state index >= 15 is 0 Å². The lowest BCUT2D eigenvalue weighted by Gasteiger charge is -2.48. The molecule has 17 atom stereocenters. The molecule has 1 amide bonds. The van der Waals surface area contributed by atoms with E-state index in [0.29, 0.717) is 12.8 Å².